The molecule has 0 bridgehead atoms. The highest BCUT2D eigenvalue weighted by molar-refractivity contribution is 7.89. The molecule has 130 valence electrons. The number of carbonyl (C=O) groups excluding carboxylic acids is 1. The summed E-state index contributed by atoms with van der Waals surface area (Å²) in [5, 5.41) is 5.92. The smallest absolute Gasteiger partial charge is 0.240 e. The largest absolute Gasteiger partial charge is 0.355 e. The van der Waals surface area contributed by atoms with Gasteiger partial charge in [0.05, 0.1) is 4.90 Å². The van der Waals surface area contributed by atoms with Crippen molar-refractivity contribution in [3.8, 4) is 0 Å². The van der Waals surface area contributed by atoms with Gasteiger partial charge in [-0.2, -0.15) is 0 Å². The number of sulfonamides is 1. The predicted molar refractivity (Wildman–Crippen MR) is 91.9 cm³/mol. The van der Waals surface area contributed by atoms with E-state index in [9.17, 15) is 13.2 Å². The SMILES string of the molecule is CCCNCCNC(=O)CCNS(=O)(=O)c1ccc(C)c(C)c1. The van der Waals surface area contributed by atoms with E-state index in [2.05, 4.69) is 22.3 Å². The standard InChI is InChI=1S/C16H27N3O3S/c1-4-8-17-10-11-18-16(20)7-9-19-23(21,22)15-6-5-13(2)14(3)12-15/h5-6,12,17,19H,4,7-11H2,1-3H3,(H,18,20). The topological polar surface area (TPSA) is 87.3 Å². The summed E-state index contributed by atoms with van der Waals surface area (Å²) in [4.78, 5) is 11.8. The maximum Gasteiger partial charge on any atom is 0.240 e. The Hall–Kier alpha value is -1.44. The van der Waals surface area contributed by atoms with Crippen LogP contribution in [0.3, 0.4) is 0 Å². The average Bonchev–Trinajstić information content (AvgIpc) is 2.49. The van der Waals surface area contributed by atoms with Gasteiger partial charge in [-0.25, -0.2) is 13.1 Å². The highest BCUT2D eigenvalue weighted by Crippen LogP contribution is 2.14. The lowest BCUT2D eigenvalue weighted by molar-refractivity contribution is -0.120. The van der Waals surface area contributed by atoms with Crippen molar-refractivity contribution in [1.82, 2.24) is 15.4 Å². The first-order chi connectivity index (χ1) is 10.9. The first kappa shape index (κ1) is 19.6. The number of aryl methyl sites for hydroxylation is 2. The molecular formula is C16H27N3O3S. The van der Waals surface area contributed by atoms with Crippen molar-refractivity contribution in [2.45, 2.75) is 38.5 Å². The van der Waals surface area contributed by atoms with E-state index in [1.54, 1.807) is 18.2 Å². The Labute approximate surface area is 139 Å². The molecule has 0 atom stereocenters. The fraction of sp³-hybridized carbons (Fsp3) is 0.562. The molecule has 0 heterocycles. The summed E-state index contributed by atoms with van der Waals surface area (Å²) in [5.41, 5.74) is 1.96. The van der Waals surface area contributed by atoms with E-state index in [4.69, 9.17) is 0 Å². The molecule has 6 nitrogen and oxygen atoms in total. The lowest BCUT2D eigenvalue weighted by atomic mass is 10.1. The van der Waals surface area contributed by atoms with Crippen molar-refractivity contribution in [3.05, 3.63) is 29.3 Å². The maximum atomic E-state index is 12.2. The molecule has 0 radical (unpaired) electrons. The van der Waals surface area contributed by atoms with E-state index in [1.165, 1.54) is 0 Å². The van der Waals surface area contributed by atoms with Crippen LogP contribution in [0.2, 0.25) is 0 Å². The van der Waals surface area contributed by atoms with Gasteiger partial charge in [-0.15, -0.1) is 0 Å². The molecule has 0 aliphatic heterocycles. The summed E-state index contributed by atoms with van der Waals surface area (Å²) in [5.74, 6) is -0.161. The molecule has 1 aromatic carbocycles. The van der Waals surface area contributed by atoms with Gasteiger partial charge in [0.25, 0.3) is 0 Å². The number of nitrogens with one attached hydrogen (secondary N) is 3. The molecule has 0 fully saturated rings. The van der Waals surface area contributed by atoms with Crippen LogP contribution in [0.15, 0.2) is 23.1 Å². The van der Waals surface area contributed by atoms with Crippen LogP contribution < -0.4 is 15.4 Å². The minimum Gasteiger partial charge on any atom is -0.355 e. The quantitative estimate of drug-likeness (QED) is 0.556. The second kappa shape index (κ2) is 9.64. The number of amides is 1. The Morgan fingerprint density at radius 2 is 1.78 bits per heavy atom. The predicted octanol–water partition coefficient (Wildman–Crippen LogP) is 1.09. The minimum atomic E-state index is -3.57. The zero-order valence-corrected chi connectivity index (χ0v) is 14.9. The first-order valence-electron chi connectivity index (χ1n) is 7.91. The molecule has 0 aromatic heterocycles. The van der Waals surface area contributed by atoms with Crippen LogP contribution in [0, 0.1) is 13.8 Å². The Bertz CT molecular complexity index is 615. The van der Waals surface area contributed by atoms with Gasteiger partial charge in [0.15, 0.2) is 0 Å². The fourth-order valence-corrected chi connectivity index (χ4v) is 3.06. The first-order valence-corrected chi connectivity index (χ1v) is 9.39. The van der Waals surface area contributed by atoms with Gasteiger partial charge in [-0.1, -0.05) is 13.0 Å². The summed E-state index contributed by atoms with van der Waals surface area (Å²) >= 11 is 0. The monoisotopic (exact) mass is 341 g/mol. The molecule has 3 N–H and O–H groups in total. The van der Waals surface area contributed by atoms with Crippen LogP contribution in [0.5, 0.6) is 0 Å². The zero-order valence-electron chi connectivity index (χ0n) is 14.1. The second-order valence-corrected chi connectivity index (χ2v) is 7.26. The lowest BCUT2D eigenvalue weighted by Gasteiger charge is -2.09. The molecule has 0 spiro atoms. The molecule has 1 aromatic rings. The zero-order chi connectivity index (χ0) is 17.3. The molecule has 1 amide bonds. The molecule has 23 heavy (non-hydrogen) atoms. The van der Waals surface area contributed by atoms with Gasteiger partial charge < -0.3 is 10.6 Å². The van der Waals surface area contributed by atoms with E-state index in [0.29, 0.717) is 13.1 Å². The van der Waals surface area contributed by atoms with Crippen molar-refractivity contribution in [2.75, 3.05) is 26.2 Å². The van der Waals surface area contributed by atoms with E-state index >= 15 is 0 Å². The normalized spacial score (nSPS) is 11.4. The molecule has 0 saturated carbocycles. The lowest BCUT2D eigenvalue weighted by Crippen LogP contribution is -2.34. The molecule has 0 aliphatic carbocycles. The third-order valence-corrected chi connectivity index (χ3v) is 4.94. The Kier molecular flexibility index (Phi) is 8.22. The van der Waals surface area contributed by atoms with Gasteiger partial charge in [0, 0.05) is 26.1 Å². The van der Waals surface area contributed by atoms with Crippen LogP contribution in [0.1, 0.15) is 30.9 Å². The Balaban J connectivity index is 2.36. The van der Waals surface area contributed by atoms with Crippen LogP contribution in [-0.2, 0) is 14.8 Å². The summed E-state index contributed by atoms with van der Waals surface area (Å²) in [6.07, 6.45) is 1.17. The number of carbonyl (C=O) groups is 1. The van der Waals surface area contributed by atoms with Crippen molar-refractivity contribution in [3.63, 3.8) is 0 Å². The minimum absolute atomic E-state index is 0.0868. The van der Waals surface area contributed by atoms with Crippen LogP contribution in [0.4, 0.5) is 0 Å². The van der Waals surface area contributed by atoms with Gasteiger partial charge >= 0.3 is 0 Å². The van der Waals surface area contributed by atoms with E-state index in [-0.39, 0.29) is 23.8 Å². The van der Waals surface area contributed by atoms with Crippen LogP contribution in [-0.4, -0.2) is 40.5 Å². The molecule has 7 heteroatoms. The Morgan fingerprint density at radius 3 is 2.43 bits per heavy atom. The van der Waals surface area contributed by atoms with Crippen molar-refractivity contribution in [2.24, 2.45) is 0 Å². The van der Waals surface area contributed by atoms with E-state index in [1.807, 2.05) is 13.8 Å². The molecule has 1 rings (SSSR count). The van der Waals surface area contributed by atoms with Gasteiger partial charge in [0.2, 0.25) is 15.9 Å². The highest BCUT2D eigenvalue weighted by atomic mass is 32.2. The molecule has 0 saturated heterocycles. The highest BCUT2D eigenvalue weighted by Gasteiger charge is 2.14. The molecule has 0 aliphatic rings. The number of hydrogen-bond donors (Lipinski definition) is 3. The summed E-state index contributed by atoms with van der Waals surface area (Å²) in [7, 11) is -3.57. The van der Waals surface area contributed by atoms with Gasteiger partial charge in [0.1, 0.15) is 0 Å². The summed E-state index contributed by atoms with van der Waals surface area (Å²) < 4.78 is 26.8. The second-order valence-electron chi connectivity index (χ2n) is 5.49. The number of benzene rings is 1. The van der Waals surface area contributed by atoms with Gasteiger partial charge in [-0.05, 0) is 50.1 Å². The van der Waals surface area contributed by atoms with E-state index in [0.717, 1.165) is 24.1 Å². The third kappa shape index (κ3) is 7.11. The van der Waals surface area contributed by atoms with Crippen molar-refractivity contribution >= 4 is 15.9 Å². The Morgan fingerprint density at radius 1 is 1.04 bits per heavy atom. The van der Waals surface area contributed by atoms with Crippen molar-refractivity contribution < 1.29 is 13.2 Å². The summed E-state index contributed by atoms with van der Waals surface area (Å²) in [6.45, 7) is 8.15. The van der Waals surface area contributed by atoms with Crippen molar-refractivity contribution in [1.29, 1.82) is 0 Å². The van der Waals surface area contributed by atoms with Crippen LogP contribution in [0.25, 0.3) is 0 Å². The number of hydrogen-bond acceptors (Lipinski definition) is 4. The number of rotatable bonds is 10. The summed E-state index contributed by atoms with van der Waals surface area (Å²) in [6, 6.07) is 4.99. The average molecular weight is 341 g/mol. The molecular weight excluding hydrogens is 314 g/mol. The van der Waals surface area contributed by atoms with Crippen LogP contribution >= 0.6 is 0 Å². The maximum absolute atomic E-state index is 12.2. The fourth-order valence-electron chi connectivity index (χ4n) is 1.94. The van der Waals surface area contributed by atoms with E-state index < -0.39 is 10.0 Å². The molecule has 0 unspecified atom stereocenters. The van der Waals surface area contributed by atoms with Gasteiger partial charge in [-0.3, -0.25) is 4.79 Å². The third-order valence-electron chi connectivity index (χ3n) is 3.48.